The smallest absolute Gasteiger partial charge is 0.352 e. The molecule has 1 aromatic rings. The number of carbonyl (C=O) groups excluding carboxylic acids is 1. The Morgan fingerprint density at radius 1 is 1.14 bits per heavy atom. The minimum Gasteiger partial charge on any atom is -0.352 e. The highest BCUT2D eigenvalue weighted by atomic mass is 19.4. The van der Waals surface area contributed by atoms with Crippen molar-refractivity contribution in [1.29, 1.82) is 0 Å². The molecule has 2 rings (SSSR count). The van der Waals surface area contributed by atoms with Crippen LogP contribution >= 0.6 is 0 Å². The van der Waals surface area contributed by atoms with E-state index in [9.17, 15) is 18.0 Å². The molecule has 0 unspecified atom stereocenters. The molecule has 0 radical (unpaired) electrons. The summed E-state index contributed by atoms with van der Waals surface area (Å²) in [6, 6.07) is 7.91. The maximum absolute atomic E-state index is 12.6. The van der Waals surface area contributed by atoms with Gasteiger partial charge in [0.1, 0.15) is 6.04 Å². The zero-order valence-electron chi connectivity index (χ0n) is 11.6. The van der Waals surface area contributed by atoms with Crippen LogP contribution in [0.5, 0.6) is 0 Å². The zero-order chi connectivity index (χ0) is 15.5. The van der Waals surface area contributed by atoms with Crippen molar-refractivity contribution in [3.63, 3.8) is 0 Å². The van der Waals surface area contributed by atoms with E-state index in [1.165, 1.54) is 0 Å². The number of nitrogens with two attached hydrogens (primary N) is 1. The molecule has 1 aliphatic rings. The number of hydrogen-bond donors (Lipinski definition) is 2. The lowest BCUT2D eigenvalue weighted by Gasteiger charge is -2.30. The van der Waals surface area contributed by atoms with Crippen molar-refractivity contribution in [2.24, 2.45) is 11.7 Å². The largest absolute Gasteiger partial charge is 0.391 e. The minimum atomic E-state index is -4.13. The van der Waals surface area contributed by atoms with Gasteiger partial charge in [0.2, 0.25) is 5.91 Å². The van der Waals surface area contributed by atoms with Gasteiger partial charge in [-0.15, -0.1) is 0 Å². The Morgan fingerprint density at radius 2 is 1.71 bits per heavy atom. The van der Waals surface area contributed by atoms with E-state index in [4.69, 9.17) is 5.73 Å². The topological polar surface area (TPSA) is 55.1 Å². The minimum absolute atomic E-state index is 0.0645. The number of alkyl halides is 3. The van der Waals surface area contributed by atoms with Crippen molar-refractivity contribution >= 4 is 5.91 Å². The summed E-state index contributed by atoms with van der Waals surface area (Å²) in [4.78, 5) is 12.0. The second-order valence-corrected chi connectivity index (χ2v) is 5.49. The molecule has 1 amide bonds. The fraction of sp³-hybridized carbons (Fsp3) is 0.533. The van der Waals surface area contributed by atoms with E-state index in [-0.39, 0.29) is 24.8 Å². The van der Waals surface area contributed by atoms with E-state index in [0.717, 1.165) is 0 Å². The lowest BCUT2D eigenvalue weighted by molar-refractivity contribution is -0.182. The summed E-state index contributed by atoms with van der Waals surface area (Å²) >= 11 is 0. The molecule has 1 atom stereocenters. The third kappa shape index (κ3) is 4.20. The highest BCUT2D eigenvalue weighted by Crippen LogP contribution is 2.37. The molecule has 0 heterocycles. The van der Waals surface area contributed by atoms with Gasteiger partial charge in [0.15, 0.2) is 0 Å². The molecule has 21 heavy (non-hydrogen) atoms. The van der Waals surface area contributed by atoms with Crippen LogP contribution in [0.2, 0.25) is 0 Å². The summed E-state index contributed by atoms with van der Waals surface area (Å²) in [6.45, 7) is 0. The average Bonchev–Trinajstić information content (AvgIpc) is 2.47. The fourth-order valence-electron chi connectivity index (χ4n) is 2.67. The van der Waals surface area contributed by atoms with Gasteiger partial charge in [-0.2, -0.15) is 13.2 Å². The number of hydrogen-bond acceptors (Lipinski definition) is 2. The lowest BCUT2D eigenvalue weighted by Crippen LogP contribution is -2.43. The quantitative estimate of drug-likeness (QED) is 0.902. The maximum atomic E-state index is 12.6. The number of benzene rings is 1. The Labute approximate surface area is 121 Å². The van der Waals surface area contributed by atoms with E-state index >= 15 is 0 Å². The van der Waals surface area contributed by atoms with Crippen LogP contribution in [-0.2, 0) is 4.79 Å². The van der Waals surface area contributed by atoms with Gasteiger partial charge in [-0.3, -0.25) is 4.79 Å². The van der Waals surface area contributed by atoms with Gasteiger partial charge in [0.05, 0.1) is 5.92 Å². The summed E-state index contributed by atoms with van der Waals surface area (Å²) < 4.78 is 37.7. The van der Waals surface area contributed by atoms with Crippen molar-refractivity contribution in [2.45, 2.75) is 43.9 Å². The highest BCUT2D eigenvalue weighted by molar-refractivity contribution is 5.83. The molecule has 0 spiro atoms. The number of amides is 1. The first-order chi connectivity index (χ1) is 9.88. The Balaban J connectivity index is 1.85. The fourth-order valence-corrected chi connectivity index (χ4v) is 2.67. The van der Waals surface area contributed by atoms with Crippen LogP contribution in [0, 0.1) is 5.92 Å². The van der Waals surface area contributed by atoms with Crippen molar-refractivity contribution in [2.75, 3.05) is 0 Å². The van der Waals surface area contributed by atoms with E-state index < -0.39 is 18.1 Å². The molecule has 0 aliphatic heterocycles. The summed E-state index contributed by atoms with van der Waals surface area (Å²) in [7, 11) is 0. The average molecular weight is 300 g/mol. The Kier molecular flexibility index (Phi) is 4.88. The second-order valence-electron chi connectivity index (χ2n) is 5.49. The number of halogens is 3. The first kappa shape index (κ1) is 15.8. The van der Waals surface area contributed by atoms with Crippen molar-refractivity contribution in [1.82, 2.24) is 5.32 Å². The number of rotatable bonds is 3. The molecule has 3 N–H and O–H groups in total. The van der Waals surface area contributed by atoms with Gasteiger partial charge >= 0.3 is 6.18 Å². The third-order valence-corrected chi connectivity index (χ3v) is 3.98. The summed E-state index contributed by atoms with van der Waals surface area (Å²) in [5.41, 5.74) is 6.55. The molecule has 1 aromatic carbocycles. The van der Waals surface area contributed by atoms with E-state index in [1.54, 1.807) is 24.3 Å². The van der Waals surface area contributed by atoms with Gasteiger partial charge in [0.25, 0.3) is 0 Å². The standard InChI is InChI=1S/C15H19F3N2O/c16-15(17,18)11-6-8-12(9-7-11)20-14(21)13(19)10-4-2-1-3-5-10/h1-5,11-13H,6-9,19H2,(H,20,21)/t11?,12?,13-/m1/s1. The highest BCUT2D eigenvalue weighted by Gasteiger charge is 2.41. The Bertz CT molecular complexity index is 468. The molecule has 0 saturated heterocycles. The molecule has 0 aromatic heterocycles. The molecular weight excluding hydrogens is 281 g/mol. The van der Waals surface area contributed by atoms with Gasteiger partial charge in [-0.25, -0.2) is 0 Å². The normalized spacial score (nSPS) is 24.4. The summed E-state index contributed by atoms with van der Waals surface area (Å²) in [6.07, 6.45) is -3.31. The molecule has 1 saturated carbocycles. The van der Waals surface area contributed by atoms with Gasteiger partial charge < -0.3 is 11.1 Å². The van der Waals surface area contributed by atoms with Crippen LogP contribution in [0.15, 0.2) is 30.3 Å². The molecule has 6 heteroatoms. The predicted molar refractivity (Wildman–Crippen MR) is 73.3 cm³/mol. The van der Waals surface area contributed by atoms with Crippen molar-refractivity contribution in [3.8, 4) is 0 Å². The number of carbonyl (C=O) groups is 1. The first-order valence-electron chi connectivity index (χ1n) is 7.05. The monoisotopic (exact) mass is 300 g/mol. The molecular formula is C15H19F3N2O. The van der Waals surface area contributed by atoms with Crippen LogP contribution < -0.4 is 11.1 Å². The van der Waals surface area contributed by atoms with Crippen molar-refractivity contribution in [3.05, 3.63) is 35.9 Å². The van der Waals surface area contributed by atoms with Gasteiger partial charge in [0, 0.05) is 6.04 Å². The van der Waals surface area contributed by atoms with Gasteiger partial charge in [-0.1, -0.05) is 30.3 Å². The van der Waals surface area contributed by atoms with Gasteiger partial charge in [-0.05, 0) is 31.2 Å². The van der Waals surface area contributed by atoms with E-state index in [0.29, 0.717) is 18.4 Å². The Morgan fingerprint density at radius 3 is 2.24 bits per heavy atom. The summed E-state index contributed by atoms with van der Waals surface area (Å²) in [5.74, 6) is -1.58. The van der Waals surface area contributed by atoms with Crippen LogP contribution in [0.1, 0.15) is 37.3 Å². The predicted octanol–water partition coefficient (Wildman–Crippen LogP) is 2.92. The lowest BCUT2D eigenvalue weighted by atomic mass is 9.85. The van der Waals surface area contributed by atoms with E-state index in [1.807, 2.05) is 6.07 Å². The Hall–Kier alpha value is -1.56. The third-order valence-electron chi connectivity index (χ3n) is 3.98. The molecule has 0 bridgehead atoms. The molecule has 116 valence electrons. The molecule has 1 aliphatic carbocycles. The molecule has 3 nitrogen and oxygen atoms in total. The van der Waals surface area contributed by atoms with Crippen LogP contribution in [0.3, 0.4) is 0 Å². The van der Waals surface area contributed by atoms with Crippen molar-refractivity contribution < 1.29 is 18.0 Å². The van der Waals surface area contributed by atoms with Crippen LogP contribution in [0.4, 0.5) is 13.2 Å². The van der Waals surface area contributed by atoms with E-state index in [2.05, 4.69) is 5.32 Å². The summed E-state index contributed by atoms with van der Waals surface area (Å²) in [5, 5.41) is 2.76. The SMILES string of the molecule is N[C@@H](C(=O)NC1CCC(C(F)(F)F)CC1)c1ccccc1. The maximum Gasteiger partial charge on any atom is 0.391 e. The second kappa shape index (κ2) is 6.47. The number of nitrogens with one attached hydrogen (secondary N) is 1. The first-order valence-corrected chi connectivity index (χ1v) is 7.05. The molecule has 1 fully saturated rings. The van der Waals surface area contributed by atoms with Crippen LogP contribution in [0.25, 0.3) is 0 Å². The zero-order valence-corrected chi connectivity index (χ0v) is 11.6. The van der Waals surface area contributed by atoms with Crippen LogP contribution in [-0.4, -0.2) is 18.1 Å².